The first-order chi connectivity index (χ1) is 12.2. The number of pyridine rings is 1. The molecule has 3 aromatic rings. The van der Waals surface area contributed by atoms with E-state index in [1.807, 2.05) is 56.3 Å². The summed E-state index contributed by atoms with van der Waals surface area (Å²) < 4.78 is 10.9. The van der Waals surface area contributed by atoms with Crippen LogP contribution in [0.5, 0.6) is 11.5 Å². The number of rotatable bonds is 6. The first kappa shape index (κ1) is 16.8. The molecule has 25 heavy (non-hydrogen) atoms. The first-order valence-electron chi connectivity index (χ1n) is 8.17. The fourth-order valence-corrected chi connectivity index (χ4v) is 2.50. The van der Waals surface area contributed by atoms with Crippen molar-refractivity contribution in [2.45, 2.75) is 13.8 Å². The van der Waals surface area contributed by atoms with Crippen molar-refractivity contribution >= 4 is 22.5 Å². The molecule has 1 N–H and O–H groups in total. The van der Waals surface area contributed by atoms with Gasteiger partial charge in [-0.2, -0.15) is 0 Å². The zero-order chi connectivity index (χ0) is 17.6. The third kappa shape index (κ3) is 4.26. The minimum Gasteiger partial charge on any atom is -0.494 e. The van der Waals surface area contributed by atoms with E-state index in [1.165, 1.54) is 0 Å². The fraction of sp³-hybridized carbons (Fsp3) is 0.200. The van der Waals surface area contributed by atoms with Gasteiger partial charge in [-0.15, -0.1) is 0 Å². The normalized spacial score (nSPS) is 10.5. The summed E-state index contributed by atoms with van der Waals surface area (Å²) in [7, 11) is 0. The highest BCUT2D eigenvalue weighted by molar-refractivity contribution is 6.01. The number of benzene rings is 2. The molecule has 0 saturated carbocycles. The van der Waals surface area contributed by atoms with Crippen LogP contribution in [-0.2, 0) is 4.79 Å². The van der Waals surface area contributed by atoms with Crippen molar-refractivity contribution in [2.75, 3.05) is 18.5 Å². The topological polar surface area (TPSA) is 60.5 Å². The van der Waals surface area contributed by atoms with Gasteiger partial charge in [-0.25, -0.2) is 0 Å². The second kappa shape index (κ2) is 7.66. The van der Waals surface area contributed by atoms with Gasteiger partial charge in [0, 0.05) is 11.1 Å². The van der Waals surface area contributed by atoms with Crippen molar-refractivity contribution in [2.24, 2.45) is 0 Å². The molecule has 3 rings (SSSR count). The molecule has 0 radical (unpaired) electrons. The third-order valence-corrected chi connectivity index (χ3v) is 3.65. The summed E-state index contributed by atoms with van der Waals surface area (Å²) in [5.74, 6) is 1.17. The van der Waals surface area contributed by atoms with Gasteiger partial charge in [-0.1, -0.05) is 6.07 Å². The van der Waals surface area contributed by atoms with Gasteiger partial charge in [-0.05, 0) is 62.4 Å². The first-order valence-corrected chi connectivity index (χ1v) is 8.17. The molecule has 2 aromatic carbocycles. The summed E-state index contributed by atoms with van der Waals surface area (Å²) >= 11 is 0. The highest BCUT2D eigenvalue weighted by Crippen LogP contribution is 2.22. The molecule has 0 atom stereocenters. The Morgan fingerprint density at radius 2 is 1.72 bits per heavy atom. The predicted octanol–water partition coefficient (Wildman–Crippen LogP) is 3.96. The van der Waals surface area contributed by atoms with Crippen LogP contribution in [0.1, 0.15) is 12.6 Å². The summed E-state index contributed by atoms with van der Waals surface area (Å²) in [6.07, 6.45) is 0. The molecule has 1 aromatic heterocycles. The van der Waals surface area contributed by atoms with E-state index >= 15 is 0 Å². The van der Waals surface area contributed by atoms with E-state index in [-0.39, 0.29) is 12.5 Å². The van der Waals surface area contributed by atoms with E-state index in [2.05, 4.69) is 10.3 Å². The number of aryl methyl sites for hydroxylation is 1. The fourth-order valence-electron chi connectivity index (χ4n) is 2.50. The average Bonchev–Trinajstić information content (AvgIpc) is 2.61. The van der Waals surface area contributed by atoms with Crippen molar-refractivity contribution in [3.8, 4) is 11.5 Å². The number of nitrogens with zero attached hydrogens (tertiary/aromatic N) is 1. The van der Waals surface area contributed by atoms with E-state index in [0.717, 1.165) is 28.0 Å². The molecule has 1 heterocycles. The van der Waals surface area contributed by atoms with E-state index in [1.54, 1.807) is 12.1 Å². The molecule has 0 aliphatic rings. The number of aromatic nitrogens is 1. The lowest BCUT2D eigenvalue weighted by Gasteiger charge is -2.10. The summed E-state index contributed by atoms with van der Waals surface area (Å²) in [5, 5.41) is 3.78. The molecule has 0 aliphatic heterocycles. The summed E-state index contributed by atoms with van der Waals surface area (Å²) in [5.41, 5.74) is 2.52. The van der Waals surface area contributed by atoms with E-state index in [9.17, 15) is 4.79 Å². The molecule has 128 valence electrons. The predicted molar refractivity (Wildman–Crippen MR) is 98.2 cm³/mol. The van der Waals surface area contributed by atoms with Crippen molar-refractivity contribution in [1.29, 1.82) is 0 Å². The van der Waals surface area contributed by atoms with Gasteiger partial charge in [0.05, 0.1) is 17.8 Å². The summed E-state index contributed by atoms with van der Waals surface area (Å²) in [6, 6.07) is 16.7. The van der Waals surface area contributed by atoms with E-state index < -0.39 is 0 Å². The number of anilines is 1. The summed E-state index contributed by atoms with van der Waals surface area (Å²) in [4.78, 5) is 16.7. The highest BCUT2D eigenvalue weighted by atomic mass is 16.5. The Balaban J connectivity index is 1.63. The number of amides is 1. The maximum Gasteiger partial charge on any atom is 0.262 e. The van der Waals surface area contributed by atoms with Crippen LogP contribution >= 0.6 is 0 Å². The Hall–Kier alpha value is -3.08. The van der Waals surface area contributed by atoms with Crippen LogP contribution in [0.2, 0.25) is 0 Å². The lowest BCUT2D eigenvalue weighted by Crippen LogP contribution is -2.20. The summed E-state index contributed by atoms with van der Waals surface area (Å²) in [6.45, 7) is 4.42. The number of carbonyl (C=O) groups is 1. The Morgan fingerprint density at radius 1 is 1.00 bits per heavy atom. The van der Waals surface area contributed by atoms with Gasteiger partial charge in [0.15, 0.2) is 6.61 Å². The largest absolute Gasteiger partial charge is 0.494 e. The Morgan fingerprint density at radius 3 is 2.44 bits per heavy atom. The van der Waals surface area contributed by atoms with Gasteiger partial charge >= 0.3 is 0 Å². The number of hydrogen-bond acceptors (Lipinski definition) is 4. The SMILES string of the molecule is CCOc1ccc(OCC(=O)Nc2cccc3nc(C)ccc23)cc1. The minimum atomic E-state index is -0.220. The van der Waals surface area contributed by atoms with E-state index in [0.29, 0.717) is 12.4 Å². The average molecular weight is 336 g/mol. The van der Waals surface area contributed by atoms with Crippen LogP contribution in [0.15, 0.2) is 54.6 Å². The van der Waals surface area contributed by atoms with Crippen LogP contribution in [0.3, 0.4) is 0 Å². The van der Waals surface area contributed by atoms with Gasteiger partial charge in [0.25, 0.3) is 5.91 Å². The lowest BCUT2D eigenvalue weighted by atomic mass is 10.1. The highest BCUT2D eigenvalue weighted by Gasteiger charge is 2.07. The lowest BCUT2D eigenvalue weighted by molar-refractivity contribution is -0.118. The Kier molecular flexibility index (Phi) is 5.14. The van der Waals surface area contributed by atoms with Crippen molar-refractivity contribution in [1.82, 2.24) is 4.98 Å². The van der Waals surface area contributed by atoms with Gasteiger partial charge in [0.1, 0.15) is 11.5 Å². The van der Waals surface area contributed by atoms with Crippen molar-refractivity contribution < 1.29 is 14.3 Å². The third-order valence-electron chi connectivity index (χ3n) is 3.65. The molecule has 0 aliphatic carbocycles. The monoisotopic (exact) mass is 336 g/mol. The number of hydrogen-bond donors (Lipinski definition) is 1. The maximum atomic E-state index is 12.2. The molecule has 0 unspecified atom stereocenters. The van der Waals surface area contributed by atoms with E-state index in [4.69, 9.17) is 9.47 Å². The van der Waals surface area contributed by atoms with Crippen LogP contribution in [0.25, 0.3) is 10.9 Å². The van der Waals surface area contributed by atoms with Crippen LogP contribution in [0, 0.1) is 6.92 Å². The number of fused-ring (bicyclic) bond motifs is 1. The Labute approximate surface area is 146 Å². The molecule has 1 amide bonds. The number of carbonyl (C=O) groups excluding carboxylic acids is 1. The van der Waals surface area contributed by atoms with Crippen molar-refractivity contribution in [3.63, 3.8) is 0 Å². The maximum absolute atomic E-state index is 12.2. The van der Waals surface area contributed by atoms with Crippen LogP contribution in [-0.4, -0.2) is 24.1 Å². The quantitative estimate of drug-likeness (QED) is 0.740. The second-order valence-electron chi connectivity index (χ2n) is 5.57. The molecule has 5 nitrogen and oxygen atoms in total. The molecular formula is C20H20N2O3. The zero-order valence-electron chi connectivity index (χ0n) is 14.3. The smallest absolute Gasteiger partial charge is 0.262 e. The number of ether oxygens (including phenoxy) is 2. The molecule has 0 bridgehead atoms. The standard InChI is InChI=1S/C20H20N2O3/c1-3-24-15-8-10-16(11-9-15)25-13-20(23)22-19-6-4-5-18-17(19)12-7-14(2)21-18/h4-12H,3,13H2,1-2H3,(H,22,23). The van der Waals surface area contributed by atoms with Crippen molar-refractivity contribution in [3.05, 3.63) is 60.3 Å². The number of nitrogens with one attached hydrogen (secondary N) is 1. The Bertz CT molecular complexity index is 876. The van der Waals surface area contributed by atoms with Gasteiger partial charge < -0.3 is 14.8 Å². The van der Waals surface area contributed by atoms with Gasteiger partial charge in [0.2, 0.25) is 0 Å². The molecule has 0 fully saturated rings. The molecular weight excluding hydrogens is 316 g/mol. The minimum absolute atomic E-state index is 0.0658. The van der Waals surface area contributed by atoms with Crippen LogP contribution < -0.4 is 14.8 Å². The zero-order valence-corrected chi connectivity index (χ0v) is 14.3. The molecule has 0 spiro atoms. The second-order valence-corrected chi connectivity index (χ2v) is 5.57. The molecule has 5 heteroatoms. The van der Waals surface area contributed by atoms with Crippen LogP contribution in [0.4, 0.5) is 5.69 Å². The van der Waals surface area contributed by atoms with Gasteiger partial charge in [-0.3, -0.25) is 9.78 Å². The molecule has 0 saturated heterocycles.